The number of carbonyl (C=O) groups is 1. The number of aromatic nitrogens is 2. The molecule has 128 valence electrons. The second-order valence-corrected chi connectivity index (χ2v) is 6.43. The Hall–Kier alpha value is -2.30. The van der Waals surface area contributed by atoms with Crippen molar-refractivity contribution >= 4 is 5.91 Å². The summed E-state index contributed by atoms with van der Waals surface area (Å²) in [5.74, 6) is 1.62. The smallest absolute Gasteiger partial charge is 0.222 e. The van der Waals surface area contributed by atoms with Crippen molar-refractivity contribution in [2.24, 2.45) is 7.05 Å². The number of amides is 1. The lowest BCUT2D eigenvalue weighted by Gasteiger charge is -2.32. The maximum absolute atomic E-state index is 12.4. The molecule has 1 aromatic carbocycles. The van der Waals surface area contributed by atoms with Crippen LogP contribution in [0.25, 0.3) is 0 Å². The zero-order chi connectivity index (χ0) is 16.9. The summed E-state index contributed by atoms with van der Waals surface area (Å²) >= 11 is 0. The molecule has 24 heavy (non-hydrogen) atoms. The fraction of sp³-hybridized carbons (Fsp3) is 0.474. The molecule has 1 fully saturated rings. The molecule has 5 nitrogen and oxygen atoms in total. The molecule has 1 saturated heterocycles. The lowest BCUT2D eigenvalue weighted by molar-refractivity contribution is -0.132. The molecule has 0 atom stereocenters. The van der Waals surface area contributed by atoms with E-state index in [0.29, 0.717) is 12.3 Å². The molecular formula is C19H25N3O2. The Bertz CT molecular complexity index is 670. The molecule has 3 rings (SSSR count). The Morgan fingerprint density at radius 3 is 2.54 bits per heavy atom. The number of imidazole rings is 1. The van der Waals surface area contributed by atoms with Crippen LogP contribution in [0, 0.1) is 0 Å². The highest BCUT2D eigenvalue weighted by Gasteiger charge is 2.25. The van der Waals surface area contributed by atoms with Gasteiger partial charge in [0.05, 0.1) is 13.4 Å². The maximum Gasteiger partial charge on any atom is 0.222 e. The number of nitrogens with zero attached hydrogens (tertiary/aromatic N) is 3. The van der Waals surface area contributed by atoms with Crippen LogP contribution in [0.2, 0.25) is 0 Å². The number of piperidine rings is 1. The number of hydrogen-bond donors (Lipinski definition) is 0. The zero-order valence-electron chi connectivity index (χ0n) is 14.4. The predicted octanol–water partition coefficient (Wildman–Crippen LogP) is 2.77. The number of aryl methyl sites for hydroxylation is 2. The van der Waals surface area contributed by atoms with Crippen LogP contribution in [-0.2, 0) is 18.3 Å². The maximum atomic E-state index is 12.4. The Kier molecular flexibility index (Phi) is 5.18. The van der Waals surface area contributed by atoms with Crippen LogP contribution in [0.1, 0.15) is 36.4 Å². The molecule has 0 unspecified atom stereocenters. The van der Waals surface area contributed by atoms with Gasteiger partial charge in [0.25, 0.3) is 0 Å². The van der Waals surface area contributed by atoms with Crippen LogP contribution in [0.15, 0.2) is 36.8 Å². The van der Waals surface area contributed by atoms with Crippen LogP contribution in [0.3, 0.4) is 0 Å². The van der Waals surface area contributed by atoms with Gasteiger partial charge in [-0.05, 0) is 37.0 Å². The Morgan fingerprint density at radius 2 is 1.96 bits per heavy atom. The summed E-state index contributed by atoms with van der Waals surface area (Å²) in [6.07, 6.45) is 7.20. The minimum Gasteiger partial charge on any atom is -0.497 e. The minimum atomic E-state index is 0.259. The Labute approximate surface area is 143 Å². The third kappa shape index (κ3) is 3.78. The number of ether oxygens (including phenoxy) is 1. The molecule has 0 spiro atoms. The first-order valence-corrected chi connectivity index (χ1v) is 8.54. The molecule has 2 heterocycles. The Balaban J connectivity index is 1.47. The minimum absolute atomic E-state index is 0.259. The van der Waals surface area contributed by atoms with Crippen molar-refractivity contribution in [3.05, 3.63) is 48.0 Å². The van der Waals surface area contributed by atoms with E-state index in [4.69, 9.17) is 4.74 Å². The van der Waals surface area contributed by atoms with Gasteiger partial charge < -0.3 is 14.2 Å². The van der Waals surface area contributed by atoms with E-state index in [0.717, 1.165) is 38.1 Å². The van der Waals surface area contributed by atoms with E-state index in [1.807, 2.05) is 48.7 Å². The molecule has 1 aromatic heterocycles. The van der Waals surface area contributed by atoms with Gasteiger partial charge in [-0.25, -0.2) is 4.98 Å². The lowest BCUT2D eigenvalue weighted by Crippen LogP contribution is -2.38. The summed E-state index contributed by atoms with van der Waals surface area (Å²) in [5, 5.41) is 0. The lowest BCUT2D eigenvalue weighted by atomic mass is 9.93. The summed E-state index contributed by atoms with van der Waals surface area (Å²) in [4.78, 5) is 18.6. The van der Waals surface area contributed by atoms with Gasteiger partial charge in [-0.2, -0.15) is 0 Å². The molecule has 5 heteroatoms. The van der Waals surface area contributed by atoms with E-state index in [9.17, 15) is 4.79 Å². The summed E-state index contributed by atoms with van der Waals surface area (Å²) in [6, 6.07) is 7.94. The summed E-state index contributed by atoms with van der Waals surface area (Å²) in [5.41, 5.74) is 2.45. The molecule has 0 saturated carbocycles. The van der Waals surface area contributed by atoms with Gasteiger partial charge in [0.15, 0.2) is 0 Å². The molecule has 2 aromatic rings. The first-order chi connectivity index (χ1) is 11.7. The molecule has 0 bridgehead atoms. The van der Waals surface area contributed by atoms with Crippen LogP contribution in [0.5, 0.6) is 5.75 Å². The highest BCUT2D eigenvalue weighted by Crippen LogP contribution is 2.27. The second kappa shape index (κ2) is 7.51. The van der Waals surface area contributed by atoms with E-state index in [1.165, 1.54) is 11.3 Å². The van der Waals surface area contributed by atoms with Crippen LogP contribution in [-0.4, -0.2) is 40.6 Å². The van der Waals surface area contributed by atoms with Crippen molar-refractivity contribution in [1.82, 2.24) is 14.5 Å². The second-order valence-electron chi connectivity index (χ2n) is 6.43. The highest BCUT2D eigenvalue weighted by atomic mass is 16.5. The number of carbonyl (C=O) groups excluding carboxylic acids is 1. The quantitative estimate of drug-likeness (QED) is 0.848. The van der Waals surface area contributed by atoms with Crippen molar-refractivity contribution in [1.29, 1.82) is 0 Å². The van der Waals surface area contributed by atoms with E-state index in [-0.39, 0.29) is 5.91 Å². The Morgan fingerprint density at radius 1 is 1.25 bits per heavy atom. The van der Waals surface area contributed by atoms with Crippen LogP contribution >= 0.6 is 0 Å². The van der Waals surface area contributed by atoms with Crippen molar-refractivity contribution in [3.63, 3.8) is 0 Å². The van der Waals surface area contributed by atoms with Gasteiger partial charge in [-0.1, -0.05) is 12.1 Å². The van der Waals surface area contributed by atoms with Crippen LogP contribution in [0.4, 0.5) is 0 Å². The molecular weight excluding hydrogens is 302 g/mol. The molecule has 1 amide bonds. The van der Waals surface area contributed by atoms with E-state index in [2.05, 4.69) is 9.55 Å². The van der Waals surface area contributed by atoms with E-state index < -0.39 is 0 Å². The standard InChI is InChI=1S/C19H25N3O2/c1-21-14-20-13-18(21)16-9-11-22(12-10-16)19(23)8-5-15-3-6-17(24-2)7-4-15/h3-4,6-7,13-14,16H,5,8-12H2,1-2H3. The molecule has 0 N–H and O–H groups in total. The summed E-state index contributed by atoms with van der Waals surface area (Å²) in [7, 11) is 3.70. The fourth-order valence-electron chi connectivity index (χ4n) is 3.39. The van der Waals surface area contributed by atoms with Crippen molar-refractivity contribution in [2.75, 3.05) is 20.2 Å². The van der Waals surface area contributed by atoms with Crippen molar-refractivity contribution < 1.29 is 9.53 Å². The normalized spacial score (nSPS) is 15.5. The largest absolute Gasteiger partial charge is 0.497 e. The van der Waals surface area contributed by atoms with Crippen molar-refractivity contribution in [3.8, 4) is 5.75 Å². The number of likely N-dealkylation sites (tertiary alicyclic amines) is 1. The topological polar surface area (TPSA) is 47.4 Å². The molecule has 0 radical (unpaired) electrons. The summed E-state index contributed by atoms with van der Waals surface area (Å²) < 4.78 is 7.25. The average Bonchev–Trinajstić information content (AvgIpc) is 3.06. The van der Waals surface area contributed by atoms with Gasteiger partial charge in [-0.3, -0.25) is 4.79 Å². The number of rotatable bonds is 5. The van der Waals surface area contributed by atoms with Gasteiger partial charge in [0.2, 0.25) is 5.91 Å². The first kappa shape index (κ1) is 16.6. The fourth-order valence-corrected chi connectivity index (χ4v) is 3.39. The van der Waals surface area contributed by atoms with Crippen molar-refractivity contribution in [2.45, 2.75) is 31.6 Å². The zero-order valence-corrected chi connectivity index (χ0v) is 14.4. The number of methoxy groups -OCH3 is 1. The van der Waals surface area contributed by atoms with Gasteiger partial charge in [0.1, 0.15) is 5.75 Å². The number of hydrogen-bond acceptors (Lipinski definition) is 3. The van der Waals surface area contributed by atoms with E-state index in [1.54, 1.807) is 7.11 Å². The SMILES string of the molecule is COc1ccc(CCC(=O)N2CCC(c3cncn3C)CC2)cc1. The third-order valence-electron chi connectivity index (χ3n) is 4.91. The predicted molar refractivity (Wildman–Crippen MR) is 93.1 cm³/mol. The number of benzene rings is 1. The summed E-state index contributed by atoms with van der Waals surface area (Å²) in [6.45, 7) is 1.69. The average molecular weight is 327 g/mol. The first-order valence-electron chi connectivity index (χ1n) is 8.54. The molecule has 1 aliphatic rings. The molecule has 0 aliphatic carbocycles. The van der Waals surface area contributed by atoms with E-state index >= 15 is 0 Å². The van der Waals surface area contributed by atoms with Crippen LogP contribution < -0.4 is 4.74 Å². The third-order valence-corrected chi connectivity index (χ3v) is 4.91. The van der Waals surface area contributed by atoms with Gasteiger partial charge >= 0.3 is 0 Å². The highest BCUT2D eigenvalue weighted by molar-refractivity contribution is 5.76. The van der Waals surface area contributed by atoms with Gasteiger partial charge in [0, 0.05) is 44.4 Å². The van der Waals surface area contributed by atoms with Gasteiger partial charge in [-0.15, -0.1) is 0 Å². The molecule has 1 aliphatic heterocycles. The monoisotopic (exact) mass is 327 g/mol.